The summed E-state index contributed by atoms with van der Waals surface area (Å²) >= 11 is 0. The summed E-state index contributed by atoms with van der Waals surface area (Å²) in [4.78, 5) is 27.7. The second kappa shape index (κ2) is 8.37. The van der Waals surface area contributed by atoms with E-state index in [0.29, 0.717) is 12.6 Å². The van der Waals surface area contributed by atoms with Crippen LogP contribution in [0.15, 0.2) is 36.9 Å². The Balaban J connectivity index is 1.35. The number of aromatic nitrogens is 2. The number of nitrogens with zero attached hydrogens (tertiary/aromatic N) is 5. The highest BCUT2D eigenvalue weighted by atomic mass is 16.2. The van der Waals surface area contributed by atoms with Crippen LogP contribution in [0.1, 0.15) is 25.0 Å². The SMILES string of the molecule is CC(C)N1CCN(C(=O)CN2CCc3cc(-c4cncnc4)ccc3C2)CC1. The van der Waals surface area contributed by atoms with Gasteiger partial charge in [0.05, 0.1) is 6.54 Å². The number of amides is 1. The molecule has 3 heterocycles. The summed E-state index contributed by atoms with van der Waals surface area (Å²) in [6.45, 7) is 10.4. The van der Waals surface area contributed by atoms with Gasteiger partial charge in [-0.2, -0.15) is 0 Å². The van der Waals surface area contributed by atoms with Crippen LogP contribution < -0.4 is 0 Å². The number of piperazine rings is 1. The molecule has 0 radical (unpaired) electrons. The van der Waals surface area contributed by atoms with Crippen molar-refractivity contribution in [1.82, 2.24) is 24.7 Å². The first-order valence-corrected chi connectivity index (χ1v) is 10.2. The number of carbonyl (C=O) groups excluding carboxylic acids is 1. The third-order valence-electron chi connectivity index (χ3n) is 5.95. The largest absolute Gasteiger partial charge is 0.339 e. The van der Waals surface area contributed by atoms with Crippen LogP contribution in [-0.2, 0) is 17.8 Å². The highest BCUT2D eigenvalue weighted by molar-refractivity contribution is 5.78. The lowest BCUT2D eigenvalue weighted by Gasteiger charge is -2.38. The minimum Gasteiger partial charge on any atom is -0.339 e. The van der Waals surface area contributed by atoms with Gasteiger partial charge in [0.15, 0.2) is 0 Å². The molecule has 0 spiro atoms. The highest BCUT2D eigenvalue weighted by Crippen LogP contribution is 2.25. The molecular formula is C22H29N5O. The van der Waals surface area contributed by atoms with Crippen molar-refractivity contribution in [1.29, 1.82) is 0 Å². The number of benzene rings is 1. The van der Waals surface area contributed by atoms with Crippen LogP contribution >= 0.6 is 0 Å². The predicted molar refractivity (Wildman–Crippen MR) is 110 cm³/mol. The third kappa shape index (κ3) is 4.23. The van der Waals surface area contributed by atoms with Crippen molar-refractivity contribution < 1.29 is 4.79 Å². The van der Waals surface area contributed by atoms with Gasteiger partial charge in [-0.25, -0.2) is 9.97 Å². The van der Waals surface area contributed by atoms with Crippen molar-refractivity contribution in [3.05, 3.63) is 48.0 Å². The van der Waals surface area contributed by atoms with E-state index in [4.69, 9.17) is 0 Å². The second-order valence-electron chi connectivity index (χ2n) is 8.08. The number of hydrogen-bond donors (Lipinski definition) is 0. The Morgan fingerprint density at radius 3 is 2.46 bits per heavy atom. The van der Waals surface area contributed by atoms with Crippen LogP contribution in [-0.4, -0.2) is 75.9 Å². The monoisotopic (exact) mass is 379 g/mol. The molecule has 0 atom stereocenters. The molecule has 0 N–H and O–H groups in total. The first-order valence-electron chi connectivity index (χ1n) is 10.2. The minimum atomic E-state index is 0.268. The molecule has 0 saturated carbocycles. The van der Waals surface area contributed by atoms with E-state index < -0.39 is 0 Å². The molecule has 1 aromatic carbocycles. The summed E-state index contributed by atoms with van der Waals surface area (Å²) in [6, 6.07) is 7.13. The Hall–Kier alpha value is -2.31. The highest BCUT2D eigenvalue weighted by Gasteiger charge is 2.25. The van der Waals surface area contributed by atoms with Gasteiger partial charge in [0.2, 0.25) is 5.91 Å². The lowest BCUT2D eigenvalue weighted by atomic mass is 9.95. The lowest BCUT2D eigenvalue weighted by Crippen LogP contribution is -2.53. The Labute approximate surface area is 167 Å². The number of hydrogen-bond acceptors (Lipinski definition) is 5. The van der Waals surface area contributed by atoms with Gasteiger partial charge < -0.3 is 4.90 Å². The molecule has 6 heteroatoms. The molecule has 28 heavy (non-hydrogen) atoms. The van der Waals surface area contributed by atoms with Gasteiger partial charge in [-0.3, -0.25) is 14.6 Å². The van der Waals surface area contributed by atoms with Crippen LogP contribution in [0, 0.1) is 0 Å². The molecule has 1 saturated heterocycles. The molecule has 148 valence electrons. The van der Waals surface area contributed by atoms with E-state index in [1.54, 1.807) is 6.33 Å². The lowest BCUT2D eigenvalue weighted by molar-refractivity contribution is -0.134. The van der Waals surface area contributed by atoms with E-state index in [-0.39, 0.29) is 5.91 Å². The molecule has 0 aliphatic carbocycles. The molecule has 1 amide bonds. The summed E-state index contributed by atoms with van der Waals surface area (Å²) in [6.07, 6.45) is 6.23. The molecule has 2 aromatic rings. The summed E-state index contributed by atoms with van der Waals surface area (Å²) in [5.41, 5.74) is 4.90. The van der Waals surface area contributed by atoms with Gasteiger partial charge in [-0.1, -0.05) is 18.2 Å². The zero-order chi connectivity index (χ0) is 19.5. The average Bonchev–Trinajstić information content (AvgIpc) is 2.74. The molecule has 1 aromatic heterocycles. The zero-order valence-corrected chi connectivity index (χ0v) is 16.8. The smallest absolute Gasteiger partial charge is 0.236 e. The Kier molecular flexibility index (Phi) is 5.69. The van der Waals surface area contributed by atoms with Crippen molar-refractivity contribution >= 4 is 5.91 Å². The number of carbonyl (C=O) groups is 1. The first-order chi connectivity index (χ1) is 13.6. The fourth-order valence-electron chi connectivity index (χ4n) is 4.15. The van der Waals surface area contributed by atoms with Crippen LogP contribution in [0.3, 0.4) is 0 Å². The van der Waals surface area contributed by atoms with Crippen molar-refractivity contribution in [3.8, 4) is 11.1 Å². The minimum absolute atomic E-state index is 0.268. The third-order valence-corrected chi connectivity index (χ3v) is 5.95. The molecule has 1 fully saturated rings. The molecule has 0 unspecified atom stereocenters. The number of fused-ring (bicyclic) bond motifs is 1. The standard InChI is InChI=1S/C22H29N5O/c1-17(2)26-7-9-27(10-8-26)22(28)15-25-6-5-19-11-18(3-4-20(19)14-25)21-12-23-16-24-13-21/h3-4,11-13,16-17H,5-10,14-15H2,1-2H3. The summed E-state index contributed by atoms with van der Waals surface area (Å²) in [7, 11) is 0. The summed E-state index contributed by atoms with van der Waals surface area (Å²) < 4.78 is 0. The Morgan fingerprint density at radius 2 is 1.75 bits per heavy atom. The van der Waals surface area contributed by atoms with E-state index in [0.717, 1.165) is 56.8 Å². The van der Waals surface area contributed by atoms with Gasteiger partial charge >= 0.3 is 0 Å². The molecule has 6 nitrogen and oxygen atoms in total. The van der Waals surface area contributed by atoms with Crippen LogP contribution in [0.25, 0.3) is 11.1 Å². The van der Waals surface area contributed by atoms with Crippen molar-refractivity contribution in [2.24, 2.45) is 0 Å². The van der Waals surface area contributed by atoms with Gasteiger partial charge in [-0.15, -0.1) is 0 Å². The maximum absolute atomic E-state index is 12.7. The first kappa shape index (κ1) is 19.0. The van der Waals surface area contributed by atoms with Gasteiger partial charge in [0, 0.05) is 63.3 Å². The Bertz CT molecular complexity index is 815. The van der Waals surface area contributed by atoms with Gasteiger partial charge in [0.25, 0.3) is 0 Å². The van der Waals surface area contributed by atoms with Gasteiger partial charge in [-0.05, 0) is 37.0 Å². The zero-order valence-electron chi connectivity index (χ0n) is 16.8. The van der Waals surface area contributed by atoms with Crippen LogP contribution in [0.5, 0.6) is 0 Å². The van der Waals surface area contributed by atoms with Gasteiger partial charge in [0.1, 0.15) is 6.33 Å². The quantitative estimate of drug-likeness (QED) is 0.814. The van der Waals surface area contributed by atoms with E-state index in [9.17, 15) is 4.79 Å². The average molecular weight is 380 g/mol. The van der Waals surface area contributed by atoms with Crippen LogP contribution in [0.2, 0.25) is 0 Å². The molecule has 0 bridgehead atoms. The van der Waals surface area contributed by atoms with Crippen LogP contribution in [0.4, 0.5) is 0 Å². The topological polar surface area (TPSA) is 52.6 Å². The van der Waals surface area contributed by atoms with E-state index in [2.05, 4.69) is 51.8 Å². The molecule has 4 rings (SSSR count). The predicted octanol–water partition coefficient (Wildman–Crippen LogP) is 2.05. The summed E-state index contributed by atoms with van der Waals surface area (Å²) in [5, 5.41) is 0. The maximum Gasteiger partial charge on any atom is 0.236 e. The molecule has 2 aliphatic rings. The fraction of sp³-hybridized carbons (Fsp3) is 0.500. The van der Waals surface area contributed by atoms with E-state index >= 15 is 0 Å². The van der Waals surface area contributed by atoms with E-state index in [1.165, 1.54) is 11.1 Å². The molecular weight excluding hydrogens is 350 g/mol. The fourth-order valence-corrected chi connectivity index (χ4v) is 4.15. The maximum atomic E-state index is 12.7. The molecule has 2 aliphatic heterocycles. The van der Waals surface area contributed by atoms with Crippen molar-refractivity contribution in [3.63, 3.8) is 0 Å². The normalized spacial score (nSPS) is 18.3. The second-order valence-corrected chi connectivity index (χ2v) is 8.08. The number of rotatable bonds is 4. The summed E-state index contributed by atoms with van der Waals surface area (Å²) in [5.74, 6) is 0.268. The Morgan fingerprint density at radius 1 is 1.00 bits per heavy atom. The van der Waals surface area contributed by atoms with Crippen molar-refractivity contribution in [2.45, 2.75) is 32.9 Å². The van der Waals surface area contributed by atoms with E-state index in [1.807, 2.05) is 17.3 Å². The van der Waals surface area contributed by atoms with Crippen molar-refractivity contribution in [2.75, 3.05) is 39.3 Å².